The van der Waals surface area contributed by atoms with Crippen LogP contribution in [0.1, 0.15) is 35.0 Å². The maximum Gasteiger partial charge on any atom is 0.416 e. The van der Waals surface area contributed by atoms with Gasteiger partial charge in [-0.25, -0.2) is 17.9 Å². The molecule has 5 rings (SSSR count). The van der Waals surface area contributed by atoms with Gasteiger partial charge in [-0.3, -0.25) is 4.79 Å². The van der Waals surface area contributed by atoms with Crippen LogP contribution in [0, 0.1) is 0 Å². The van der Waals surface area contributed by atoms with Gasteiger partial charge in [0.15, 0.2) is 15.5 Å². The lowest BCUT2D eigenvalue weighted by molar-refractivity contribution is -0.137. The van der Waals surface area contributed by atoms with Crippen LogP contribution in [0.5, 0.6) is 0 Å². The Kier molecular flexibility index (Phi) is 6.68. The van der Waals surface area contributed by atoms with Gasteiger partial charge in [0.1, 0.15) is 11.3 Å². The summed E-state index contributed by atoms with van der Waals surface area (Å²) in [4.78, 5) is 17.9. The number of hydrogen-bond donors (Lipinski definition) is 2. The number of halogens is 4. The first-order valence-corrected chi connectivity index (χ1v) is 14.0. The van der Waals surface area contributed by atoms with Crippen LogP contribution in [0.15, 0.2) is 54.7 Å². The van der Waals surface area contributed by atoms with Gasteiger partial charge in [-0.05, 0) is 31.5 Å². The summed E-state index contributed by atoms with van der Waals surface area (Å²) >= 11 is 6.44. The number of carbonyl (C=O) groups is 1. The molecule has 8 nitrogen and oxygen atoms in total. The van der Waals surface area contributed by atoms with Crippen molar-refractivity contribution in [1.82, 2.24) is 19.9 Å². The zero-order chi connectivity index (χ0) is 28.2. The van der Waals surface area contributed by atoms with Crippen molar-refractivity contribution >= 4 is 33.0 Å². The second kappa shape index (κ2) is 9.61. The number of hydrogen-bond acceptors (Lipinski definition) is 6. The minimum Gasteiger partial charge on any atom is -0.390 e. The van der Waals surface area contributed by atoms with Gasteiger partial charge in [0, 0.05) is 27.9 Å². The number of fused-ring (bicyclic) bond motifs is 1. The number of benzene rings is 2. The zero-order valence-electron chi connectivity index (χ0n) is 20.5. The molecule has 2 aromatic heterocycles. The van der Waals surface area contributed by atoms with Gasteiger partial charge < -0.3 is 10.4 Å². The molecular formula is C26H22ClF3N4O4S. The van der Waals surface area contributed by atoms with Crippen molar-refractivity contribution < 1.29 is 31.5 Å². The smallest absolute Gasteiger partial charge is 0.390 e. The Morgan fingerprint density at radius 2 is 1.85 bits per heavy atom. The summed E-state index contributed by atoms with van der Waals surface area (Å²) < 4.78 is 65.1. The standard InChI is InChI=1S/C26H22ClF3N4O4S/c1-25(10-11-39(37,38)14-25)32-24(36)21-20(13-35)33-34-22(15-6-8-16(9-7-15)26(28,29)30)18(12-31-23(21)34)17-4-2-3-5-19(17)27/h2-9,12,35H,10-11,13-14H2,1H3,(H,32,36). The molecule has 2 aromatic carbocycles. The van der Waals surface area contributed by atoms with Crippen LogP contribution in [0.25, 0.3) is 28.0 Å². The first-order chi connectivity index (χ1) is 18.3. The first kappa shape index (κ1) is 27.1. The number of sulfone groups is 1. The Morgan fingerprint density at radius 1 is 1.15 bits per heavy atom. The molecule has 3 heterocycles. The van der Waals surface area contributed by atoms with E-state index in [-0.39, 0.29) is 34.8 Å². The van der Waals surface area contributed by atoms with Crippen LogP contribution >= 0.6 is 11.6 Å². The molecule has 0 radical (unpaired) electrons. The molecule has 1 atom stereocenters. The number of rotatable bonds is 5. The summed E-state index contributed by atoms with van der Waals surface area (Å²) in [6.07, 6.45) is -2.89. The first-order valence-electron chi connectivity index (χ1n) is 11.8. The highest BCUT2D eigenvalue weighted by molar-refractivity contribution is 7.91. The SMILES string of the molecule is CC1(NC(=O)c2c(CO)nn3c(-c4ccc(C(F)(F)F)cc4)c(-c4ccccc4Cl)cnc23)CCS(=O)(=O)C1. The lowest BCUT2D eigenvalue weighted by atomic mass is 9.99. The maximum atomic E-state index is 13.4. The quantitative estimate of drug-likeness (QED) is 0.360. The maximum absolute atomic E-state index is 13.4. The molecule has 0 spiro atoms. The highest BCUT2D eigenvalue weighted by Gasteiger charge is 2.40. The summed E-state index contributed by atoms with van der Waals surface area (Å²) in [7, 11) is -3.32. The van der Waals surface area contributed by atoms with Crippen molar-refractivity contribution in [1.29, 1.82) is 0 Å². The van der Waals surface area contributed by atoms with Gasteiger partial charge in [0.2, 0.25) is 0 Å². The number of carbonyl (C=O) groups excluding carboxylic acids is 1. The average molecular weight is 579 g/mol. The Morgan fingerprint density at radius 3 is 2.44 bits per heavy atom. The average Bonchev–Trinajstić information content (AvgIpc) is 3.39. The van der Waals surface area contributed by atoms with E-state index < -0.39 is 39.6 Å². The van der Waals surface area contributed by atoms with E-state index in [1.807, 2.05) is 0 Å². The lowest BCUT2D eigenvalue weighted by Crippen LogP contribution is -2.47. The molecule has 2 N–H and O–H groups in total. The predicted octanol–water partition coefficient (Wildman–Crippen LogP) is 4.53. The Bertz CT molecular complexity index is 1700. The minimum absolute atomic E-state index is 0.0334. The van der Waals surface area contributed by atoms with Crippen molar-refractivity contribution in [2.24, 2.45) is 0 Å². The number of aliphatic hydroxyl groups excluding tert-OH is 1. The van der Waals surface area contributed by atoms with E-state index in [0.717, 1.165) is 12.1 Å². The van der Waals surface area contributed by atoms with E-state index in [1.54, 1.807) is 31.2 Å². The summed E-state index contributed by atoms with van der Waals surface area (Å²) in [6, 6.07) is 11.2. The zero-order valence-corrected chi connectivity index (χ0v) is 22.0. The van der Waals surface area contributed by atoms with E-state index in [0.29, 0.717) is 27.4 Å². The highest BCUT2D eigenvalue weighted by atomic mass is 35.5. The summed E-state index contributed by atoms with van der Waals surface area (Å²) in [5.74, 6) is -0.978. The number of aliphatic hydroxyl groups is 1. The molecule has 1 saturated heterocycles. The summed E-state index contributed by atoms with van der Waals surface area (Å²) in [5.41, 5.74) is -0.345. The second-order valence-electron chi connectivity index (χ2n) is 9.65. The fourth-order valence-corrected chi connectivity index (χ4v) is 7.12. The third-order valence-corrected chi connectivity index (χ3v) is 8.89. The summed E-state index contributed by atoms with van der Waals surface area (Å²) in [6.45, 7) is 0.978. The van der Waals surface area contributed by atoms with Crippen LogP contribution in [-0.4, -0.2) is 51.1 Å². The molecule has 4 aromatic rings. The number of nitrogens with zero attached hydrogens (tertiary/aromatic N) is 3. The number of alkyl halides is 3. The molecule has 1 aliphatic rings. The molecule has 204 valence electrons. The molecule has 13 heteroatoms. The fraction of sp³-hybridized carbons (Fsp3) is 0.269. The van der Waals surface area contributed by atoms with Gasteiger partial charge in [0.25, 0.3) is 5.91 Å². The fourth-order valence-electron chi connectivity index (χ4n) is 4.79. The topological polar surface area (TPSA) is 114 Å². The molecule has 0 bridgehead atoms. The predicted molar refractivity (Wildman–Crippen MR) is 139 cm³/mol. The van der Waals surface area contributed by atoms with Crippen LogP contribution in [0.2, 0.25) is 5.02 Å². The van der Waals surface area contributed by atoms with Gasteiger partial charge in [0.05, 0.1) is 34.9 Å². The number of nitrogens with one attached hydrogen (secondary N) is 1. The molecule has 1 fully saturated rings. The molecule has 0 saturated carbocycles. The molecular weight excluding hydrogens is 557 g/mol. The van der Waals surface area contributed by atoms with E-state index in [9.17, 15) is 31.5 Å². The minimum atomic E-state index is -4.54. The van der Waals surface area contributed by atoms with Crippen molar-refractivity contribution in [3.63, 3.8) is 0 Å². The van der Waals surface area contributed by atoms with Crippen molar-refractivity contribution in [2.75, 3.05) is 11.5 Å². The summed E-state index contributed by atoms with van der Waals surface area (Å²) in [5, 5.41) is 17.6. The van der Waals surface area contributed by atoms with Crippen LogP contribution in [0.4, 0.5) is 13.2 Å². The van der Waals surface area contributed by atoms with Gasteiger partial charge >= 0.3 is 6.18 Å². The third-order valence-electron chi connectivity index (χ3n) is 6.66. The van der Waals surface area contributed by atoms with Crippen molar-refractivity contribution in [3.05, 3.63) is 76.6 Å². The largest absolute Gasteiger partial charge is 0.416 e. The molecule has 39 heavy (non-hydrogen) atoms. The van der Waals surface area contributed by atoms with E-state index >= 15 is 0 Å². The van der Waals surface area contributed by atoms with E-state index in [1.165, 1.54) is 22.8 Å². The molecule has 0 aliphatic carbocycles. The monoisotopic (exact) mass is 578 g/mol. The van der Waals surface area contributed by atoms with E-state index in [2.05, 4.69) is 15.4 Å². The van der Waals surface area contributed by atoms with Crippen molar-refractivity contribution in [3.8, 4) is 22.4 Å². The second-order valence-corrected chi connectivity index (χ2v) is 12.2. The number of aromatic nitrogens is 3. The van der Waals surface area contributed by atoms with E-state index in [4.69, 9.17) is 11.6 Å². The van der Waals surface area contributed by atoms with Crippen molar-refractivity contribution in [2.45, 2.75) is 31.7 Å². The normalized spacial score (nSPS) is 18.9. The lowest BCUT2D eigenvalue weighted by Gasteiger charge is -2.23. The van der Waals surface area contributed by atoms with Gasteiger partial charge in [-0.15, -0.1) is 0 Å². The molecule has 1 unspecified atom stereocenters. The highest BCUT2D eigenvalue weighted by Crippen LogP contribution is 2.38. The van der Waals surface area contributed by atoms with Crippen LogP contribution < -0.4 is 5.32 Å². The Hall–Kier alpha value is -3.48. The van der Waals surface area contributed by atoms with Crippen LogP contribution in [0.3, 0.4) is 0 Å². The van der Waals surface area contributed by atoms with Gasteiger partial charge in [-0.2, -0.15) is 18.3 Å². The molecule has 1 amide bonds. The van der Waals surface area contributed by atoms with Crippen LogP contribution in [-0.2, 0) is 22.6 Å². The number of amides is 1. The Labute approximate surface area is 226 Å². The Balaban J connectivity index is 1.71. The van der Waals surface area contributed by atoms with Gasteiger partial charge in [-0.1, -0.05) is 41.9 Å². The third kappa shape index (κ3) is 5.11. The molecule has 1 aliphatic heterocycles.